The highest BCUT2D eigenvalue weighted by molar-refractivity contribution is 5.72. The van der Waals surface area contributed by atoms with Crippen LogP contribution in [0, 0.1) is 5.41 Å². The van der Waals surface area contributed by atoms with E-state index in [1.165, 1.54) is 6.92 Å². The Morgan fingerprint density at radius 1 is 1.57 bits per heavy atom. The molecule has 0 aromatic carbocycles. The number of amides is 1. The van der Waals surface area contributed by atoms with Gasteiger partial charge < -0.3 is 15.2 Å². The van der Waals surface area contributed by atoms with Crippen LogP contribution < -0.4 is 5.32 Å². The summed E-state index contributed by atoms with van der Waals surface area (Å²) in [6.45, 7) is 3.06. The first-order valence-corrected chi connectivity index (χ1v) is 5.09. The molecule has 80 valence electrons. The number of ether oxygens (including phenoxy) is 1. The van der Waals surface area contributed by atoms with E-state index in [-0.39, 0.29) is 23.5 Å². The van der Waals surface area contributed by atoms with Crippen LogP contribution in [0.1, 0.15) is 26.2 Å². The Balaban J connectivity index is 1.91. The molecule has 4 heteroatoms. The van der Waals surface area contributed by atoms with Gasteiger partial charge in [0.25, 0.3) is 0 Å². The maximum atomic E-state index is 10.8. The third kappa shape index (κ3) is 1.53. The first-order valence-electron chi connectivity index (χ1n) is 5.09. The van der Waals surface area contributed by atoms with Crippen molar-refractivity contribution < 1.29 is 14.6 Å². The number of aliphatic hydroxyl groups excluding tert-OH is 1. The largest absolute Gasteiger partial charge is 0.396 e. The minimum Gasteiger partial charge on any atom is -0.396 e. The quantitative estimate of drug-likeness (QED) is 0.675. The minimum atomic E-state index is -0.174. The Hall–Kier alpha value is -0.610. The molecule has 0 unspecified atom stereocenters. The Kier molecular flexibility index (Phi) is 2.27. The highest BCUT2D eigenvalue weighted by atomic mass is 16.5. The van der Waals surface area contributed by atoms with E-state index in [4.69, 9.17) is 4.74 Å². The van der Waals surface area contributed by atoms with Gasteiger partial charge in [-0.15, -0.1) is 0 Å². The number of hydrogen-bond donors (Lipinski definition) is 2. The molecule has 0 atom stereocenters. The number of hydrogen-bond acceptors (Lipinski definition) is 3. The summed E-state index contributed by atoms with van der Waals surface area (Å²) < 4.78 is 5.68. The van der Waals surface area contributed by atoms with Crippen molar-refractivity contribution in [3.05, 3.63) is 0 Å². The second-order valence-electron chi connectivity index (χ2n) is 4.70. The van der Waals surface area contributed by atoms with Gasteiger partial charge in [0.2, 0.25) is 5.91 Å². The molecular weight excluding hydrogens is 182 g/mol. The van der Waals surface area contributed by atoms with Crippen LogP contribution in [0.5, 0.6) is 0 Å². The van der Waals surface area contributed by atoms with Crippen LogP contribution >= 0.6 is 0 Å². The molecule has 0 spiro atoms. The normalized spacial score (nSPS) is 40.1. The molecule has 3 aliphatic rings. The fourth-order valence-electron chi connectivity index (χ4n) is 2.73. The molecule has 0 aromatic rings. The van der Waals surface area contributed by atoms with E-state index in [1.807, 2.05) is 0 Å². The van der Waals surface area contributed by atoms with Gasteiger partial charge in [-0.25, -0.2) is 0 Å². The summed E-state index contributed by atoms with van der Waals surface area (Å²) in [4.78, 5) is 10.8. The van der Waals surface area contributed by atoms with E-state index in [0.29, 0.717) is 13.2 Å². The van der Waals surface area contributed by atoms with Crippen LogP contribution in [0.15, 0.2) is 0 Å². The summed E-state index contributed by atoms with van der Waals surface area (Å²) in [5.74, 6) is -0.0185. The summed E-state index contributed by atoms with van der Waals surface area (Å²) in [5, 5.41) is 12.0. The zero-order valence-corrected chi connectivity index (χ0v) is 8.51. The van der Waals surface area contributed by atoms with Gasteiger partial charge in [-0.1, -0.05) is 0 Å². The van der Waals surface area contributed by atoms with Gasteiger partial charge >= 0.3 is 0 Å². The van der Waals surface area contributed by atoms with Crippen molar-refractivity contribution in [2.24, 2.45) is 5.41 Å². The maximum Gasteiger partial charge on any atom is 0.216 e. The van der Waals surface area contributed by atoms with Gasteiger partial charge in [0.1, 0.15) is 0 Å². The zero-order valence-electron chi connectivity index (χ0n) is 8.51. The predicted molar refractivity (Wildman–Crippen MR) is 50.7 cm³/mol. The van der Waals surface area contributed by atoms with Gasteiger partial charge in [0.05, 0.1) is 5.60 Å². The Morgan fingerprint density at radius 3 is 2.86 bits per heavy atom. The average Bonchev–Trinajstić information content (AvgIpc) is 2.14. The molecule has 3 rings (SSSR count). The van der Waals surface area contributed by atoms with Crippen molar-refractivity contribution >= 4 is 5.91 Å². The lowest BCUT2D eigenvalue weighted by molar-refractivity contribution is -0.232. The van der Waals surface area contributed by atoms with E-state index < -0.39 is 0 Å². The molecule has 0 aromatic heterocycles. The van der Waals surface area contributed by atoms with Crippen molar-refractivity contribution in [3.63, 3.8) is 0 Å². The molecule has 2 saturated heterocycles. The van der Waals surface area contributed by atoms with Crippen LogP contribution in [0.4, 0.5) is 0 Å². The number of aliphatic hydroxyl groups is 1. The summed E-state index contributed by atoms with van der Waals surface area (Å²) in [5.41, 5.74) is -0.0800. The summed E-state index contributed by atoms with van der Waals surface area (Å²) in [6.07, 6.45) is 2.72. The minimum absolute atomic E-state index is 0.0185. The summed E-state index contributed by atoms with van der Waals surface area (Å²) >= 11 is 0. The van der Waals surface area contributed by atoms with Crippen LogP contribution in [0.2, 0.25) is 0 Å². The maximum absolute atomic E-state index is 10.8. The second-order valence-corrected chi connectivity index (χ2v) is 4.70. The molecule has 1 aliphatic carbocycles. The zero-order chi connectivity index (χ0) is 10.2. The molecule has 0 radical (unpaired) electrons. The molecule has 1 amide bonds. The monoisotopic (exact) mass is 199 g/mol. The molecule has 2 N–H and O–H groups in total. The van der Waals surface area contributed by atoms with E-state index in [0.717, 1.165) is 19.3 Å². The van der Waals surface area contributed by atoms with Crippen molar-refractivity contribution in [1.29, 1.82) is 0 Å². The van der Waals surface area contributed by atoms with Crippen LogP contribution in [0.3, 0.4) is 0 Å². The molecule has 2 aliphatic heterocycles. The van der Waals surface area contributed by atoms with Crippen LogP contribution in [-0.4, -0.2) is 36.4 Å². The number of carbonyl (C=O) groups excluding carboxylic acids is 1. The van der Waals surface area contributed by atoms with Crippen molar-refractivity contribution in [3.8, 4) is 0 Å². The predicted octanol–water partition coefficient (Wildman–Crippen LogP) is 0.0541. The molecule has 2 heterocycles. The van der Waals surface area contributed by atoms with E-state index in [2.05, 4.69) is 5.32 Å². The molecule has 4 nitrogen and oxygen atoms in total. The third-order valence-electron chi connectivity index (χ3n) is 3.43. The van der Waals surface area contributed by atoms with Gasteiger partial charge in [-0.05, 0) is 19.3 Å². The van der Waals surface area contributed by atoms with Gasteiger partial charge in [-0.2, -0.15) is 0 Å². The third-order valence-corrected chi connectivity index (χ3v) is 3.43. The van der Waals surface area contributed by atoms with Crippen LogP contribution in [-0.2, 0) is 9.53 Å². The highest BCUT2D eigenvalue weighted by Crippen LogP contribution is 2.55. The Morgan fingerprint density at radius 2 is 2.29 bits per heavy atom. The second kappa shape index (κ2) is 3.21. The lowest BCUT2D eigenvalue weighted by atomic mass is 9.56. The van der Waals surface area contributed by atoms with E-state index in [9.17, 15) is 9.90 Å². The number of carbonyl (C=O) groups is 1. The first kappa shape index (κ1) is 9.93. The Bertz CT molecular complexity index is 246. The number of fused-ring (bicyclic) bond motifs is 2. The molecular formula is C10H17NO3. The lowest BCUT2D eigenvalue weighted by Crippen LogP contribution is -2.64. The van der Waals surface area contributed by atoms with Crippen molar-refractivity contribution in [2.75, 3.05) is 19.8 Å². The SMILES string of the molecule is CC(=O)NCC12CC(CO)(CCO1)C2. The summed E-state index contributed by atoms with van der Waals surface area (Å²) in [6, 6.07) is 0. The fourth-order valence-corrected chi connectivity index (χ4v) is 2.73. The lowest BCUT2D eigenvalue weighted by Gasteiger charge is -2.59. The Labute approximate surface area is 83.6 Å². The molecule has 2 bridgehead atoms. The molecule has 14 heavy (non-hydrogen) atoms. The summed E-state index contributed by atoms with van der Waals surface area (Å²) in [7, 11) is 0. The molecule has 1 saturated carbocycles. The highest BCUT2D eigenvalue weighted by Gasteiger charge is 2.58. The van der Waals surface area contributed by atoms with Gasteiger partial charge in [0.15, 0.2) is 0 Å². The number of rotatable bonds is 3. The van der Waals surface area contributed by atoms with Crippen molar-refractivity contribution in [2.45, 2.75) is 31.8 Å². The van der Waals surface area contributed by atoms with Gasteiger partial charge in [-0.3, -0.25) is 4.79 Å². The fraction of sp³-hybridized carbons (Fsp3) is 0.900. The van der Waals surface area contributed by atoms with E-state index in [1.54, 1.807) is 0 Å². The van der Waals surface area contributed by atoms with Crippen LogP contribution in [0.25, 0.3) is 0 Å². The smallest absolute Gasteiger partial charge is 0.216 e. The van der Waals surface area contributed by atoms with Gasteiger partial charge in [0, 0.05) is 32.1 Å². The van der Waals surface area contributed by atoms with Crippen molar-refractivity contribution in [1.82, 2.24) is 5.32 Å². The average molecular weight is 199 g/mol. The molecule has 3 fully saturated rings. The standard InChI is InChI=1S/C10H17NO3/c1-8(13)11-6-10-4-9(5-10,7-12)2-3-14-10/h12H,2-7H2,1H3,(H,11,13). The first-order chi connectivity index (χ1) is 6.60. The number of nitrogens with one attached hydrogen (secondary N) is 1. The van der Waals surface area contributed by atoms with E-state index >= 15 is 0 Å². The topological polar surface area (TPSA) is 58.6 Å².